The highest BCUT2D eigenvalue weighted by Crippen LogP contribution is 2.27. The number of nitrogens with one attached hydrogen (secondary N) is 1. The Labute approximate surface area is 95.3 Å². The number of nitrogens with two attached hydrogens (primary N) is 1. The van der Waals surface area contributed by atoms with Crippen LogP contribution >= 0.6 is 0 Å². The number of hydrogen-bond donors (Lipinski definition) is 2. The van der Waals surface area contributed by atoms with Crippen molar-refractivity contribution in [1.82, 2.24) is 4.98 Å². The number of pyridine rings is 1. The van der Waals surface area contributed by atoms with Gasteiger partial charge in [0, 0.05) is 18.1 Å². The monoisotopic (exact) mass is 219 g/mol. The molecule has 1 aliphatic rings. The lowest BCUT2D eigenvalue weighted by molar-refractivity contribution is -0.122. The van der Waals surface area contributed by atoms with Gasteiger partial charge in [-0.1, -0.05) is 19.3 Å². The van der Waals surface area contributed by atoms with Crippen LogP contribution in [0.4, 0.5) is 5.69 Å². The number of carbonyl (C=O) groups excluding carboxylic acids is 1. The largest absolute Gasteiger partial charge is 0.324 e. The molecule has 1 aliphatic carbocycles. The second-order valence-corrected chi connectivity index (χ2v) is 4.41. The van der Waals surface area contributed by atoms with E-state index in [1.54, 1.807) is 24.5 Å². The van der Waals surface area contributed by atoms with E-state index in [2.05, 4.69) is 10.3 Å². The molecule has 0 aromatic carbocycles. The van der Waals surface area contributed by atoms with E-state index in [4.69, 9.17) is 5.73 Å². The van der Waals surface area contributed by atoms with Gasteiger partial charge in [0.25, 0.3) is 0 Å². The predicted octanol–water partition coefficient (Wildman–Crippen LogP) is 1.68. The summed E-state index contributed by atoms with van der Waals surface area (Å²) >= 11 is 0. The molecule has 1 saturated carbocycles. The number of carbonyl (C=O) groups is 1. The maximum absolute atomic E-state index is 12.0. The number of rotatable bonds is 2. The van der Waals surface area contributed by atoms with E-state index in [0.29, 0.717) is 0 Å². The Kier molecular flexibility index (Phi) is 3.19. The summed E-state index contributed by atoms with van der Waals surface area (Å²) in [6.45, 7) is 0. The lowest BCUT2D eigenvalue weighted by atomic mass is 9.82. The van der Waals surface area contributed by atoms with E-state index < -0.39 is 5.54 Å². The minimum Gasteiger partial charge on any atom is -0.324 e. The zero-order chi connectivity index (χ0) is 11.4. The molecule has 1 amide bonds. The van der Waals surface area contributed by atoms with Gasteiger partial charge in [0.05, 0.1) is 5.54 Å². The van der Waals surface area contributed by atoms with Gasteiger partial charge in [-0.05, 0) is 25.0 Å². The van der Waals surface area contributed by atoms with E-state index in [1.807, 2.05) is 0 Å². The maximum atomic E-state index is 12.0. The summed E-state index contributed by atoms with van der Waals surface area (Å²) in [5.74, 6) is -0.0709. The fourth-order valence-corrected chi connectivity index (χ4v) is 2.10. The van der Waals surface area contributed by atoms with E-state index in [-0.39, 0.29) is 5.91 Å². The first-order valence-electron chi connectivity index (χ1n) is 5.71. The van der Waals surface area contributed by atoms with Gasteiger partial charge in [0.1, 0.15) is 0 Å². The number of amides is 1. The molecule has 0 aliphatic heterocycles. The second kappa shape index (κ2) is 4.61. The number of anilines is 1. The van der Waals surface area contributed by atoms with Crippen LogP contribution in [0.25, 0.3) is 0 Å². The van der Waals surface area contributed by atoms with Gasteiger partial charge in [-0.25, -0.2) is 0 Å². The molecule has 16 heavy (non-hydrogen) atoms. The topological polar surface area (TPSA) is 68.0 Å². The molecule has 0 bridgehead atoms. The third kappa shape index (κ3) is 2.39. The minimum atomic E-state index is -0.679. The lowest BCUT2D eigenvalue weighted by Gasteiger charge is -2.31. The van der Waals surface area contributed by atoms with Crippen molar-refractivity contribution in [3.05, 3.63) is 24.5 Å². The Hall–Kier alpha value is -1.42. The normalized spacial score (nSPS) is 19.1. The number of aromatic nitrogens is 1. The Morgan fingerprint density at radius 1 is 1.25 bits per heavy atom. The quantitative estimate of drug-likeness (QED) is 0.795. The molecule has 0 saturated heterocycles. The molecule has 0 atom stereocenters. The molecule has 1 fully saturated rings. The van der Waals surface area contributed by atoms with Gasteiger partial charge in [0.15, 0.2) is 0 Å². The van der Waals surface area contributed by atoms with Gasteiger partial charge in [0.2, 0.25) is 5.91 Å². The van der Waals surface area contributed by atoms with Crippen LogP contribution in [0.5, 0.6) is 0 Å². The average molecular weight is 219 g/mol. The average Bonchev–Trinajstić information content (AvgIpc) is 2.31. The number of nitrogens with zero attached hydrogens (tertiary/aromatic N) is 1. The summed E-state index contributed by atoms with van der Waals surface area (Å²) in [4.78, 5) is 15.9. The molecule has 3 N–H and O–H groups in total. The third-order valence-corrected chi connectivity index (χ3v) is 3.14. The van der Waals surface area contributed by atoms with Crippen molar-refractivity contribution in [2.45, 2.75) is 37.6 Å². The van der Waals surface area contributed by atoms with Crippen LogP contribution in [-0.4, -0.2) is 16.4 Å². The van der Waals surface area contributed by atoms with E-state index in [1.165, 1.54) is 6.42 Å². The van der Waals surface area contributed by atoms with Gasteiger partial charge < -0.3 is 11.1 Å². The smallest absolute Gasteiger partial charge is 0.244 e. The Balaban J connectivity index is 2.02. The van der Waals surface area contributed by atoms with Gasteiger partial charge in [-0.2, -0.15) is 0 Å². The first-order valence-corrected chi connectivity index (χ1v) is 5.71. The Morgan fingerprint density at radius 2 is 1.88 bits per heavy atom. The molecule has 1 aromatic heterocycles. The van der Waals surface area contributed by atoms with Crippen molar-refractivity contribution >= 4 is 11.6 Å². The van der Waals surface area contributed by atoms with Crippen molar-refractivity contribution in [3.63, 3.8) is 0 Å². The van der Waals surface area contributed by atoms with Crippen molar-refractivity contribution in [2.75, 3.05) is 5.32 Å². The molecular weight excluding hydrogens is 202 g/mol. The SMILES string of the molecule is NC1(C(=O)Nc2ccncc2)CCCCC1. The van der Waals surface area contributed by atoms with Crippen LogP contribution in [0.3, 0.4) is 0 Å². The summed E-state index contributed by atoms with van der Waals surface area (Å²) in [6, 6.07) is 3.54. The molecule has 86 valence electrons. The van der Waals surface area contributed by atoms with Crippen molar-refractivity contribution in [1.29, 1.82) is 0 Å². The summed E-state index contributed by atoms with van der Waals surface area (Å²) in [6.07, 6.45) is 8.13. The lowest BCUT2D eigenvalue weighted by Crippen LogP contribution is -2.52. The van der Waals surface area contributed by atoms with Crippen LogP contribution < -0.4 is 11.1 Å². The summed E-state index contributed by atoms with van der Waals surface area (Å²) < 4.78 is 0. The Morgan fingerprint density at radius 3 is 2.50 bits per heavy atom. The van der Waals surface area contributed by atoms with Crippen LogP contribution in [-0.2, 0) is 4.79 Å². The van der Waals surface area contributed by atoms with Crippen molar-refractivity contribution < 1.29 is 4.79 Å². The van der Waals surface area contributed by atoms with Crippen LogP contribution in [0, 0.1) is 0 Å². The molecule has 2 rings (SSSR count). The number of hydrogen-bond acceptors (Lipinski definition) is 3. The molecule has 0 unspecified atom stereocenters. The molecule has 0 radical (unpaired) electrons. The molecule has 4 nitrogen and oxygen atoms in total. The highest BCUT2D eigenvalue weighted by atomic mass is 16.2. The van der Waals surface area contributed by atoms with Crippen LogP contribution in [0.1, 0.15) is 32.1 Å². The minimum absolute atomic E-state index is 0.0709. The first kappa shape index (κ1) is 11.1. The third-order valence-electron chi connectivity index (χ3n) is 3.14. The zero-order valence-electron chi connectivity index (χ0n) is 9.28. The first-order chi connectivity index (χ1) is 7.71. The summed E-state index contributed by atoms with van der Waals surface area (Å²) in [7, 11) is 0. The standard InChI is InChI=1S/C12H17N3O/c13-12(6-2-1-3-7-12)11(16)15-10-4-8-14-9-5-10/h4-5,8-9H,1-3,6-7,13H2,(H,14,15,16). The molecule has 0 spiro atoms. The fourth-order valence-electron chi connectivity index (χ4n) is 2.10. The highest BCUT2D eigenvalue weighted by molar-refractivity contribution is 5.97. The Bertz CT molecular complexity index is 358. The van der Waals surface area contributed by atoms with Crippen molar-refractivity contribution in [2.24, 2.45) is 5.73 Å². The summed E-state index contributed by atoms with van der Waals surface area (Å²) in [5.41, 5.74) is 6.20. The van der Waals surface area contributed by atoms with Gasteiger partial charge in [-0.3, -0.25) is 9.78 Å². The van der Waals surface area contributed by atoms with E-state index >= 15 is 0 Å². The van der Waals surface area contributed by atoms with E-state index in [9.17, 15) is 4.79 Å². The van der Waals surface area contributed by atoms with Gasteiger partial charge in [-0.15, -0.1) is 0 Å². The highest BCUT2D eigenvalue weighted by Gasteiger charge is 2.35. The maximum Gasteiger partial charge on any atom is 0.244 e. The zero-order valence-corrected chi connectivity index (χ0v) is 9.28. The fraction of sp³-hybridized carbons (Fsp3) is 0.500. The summed E-state index contributed by atoms with van der Waals surface area (Å²) in [5, 5.41) is 2.85. The molecule has 4 heteroatoms. The van der Waals surface area contributed by atoms with Crippen LogP contribution in [0.2, 0.25) is 0 Å². The van der Waals surface area contributed by atoms with E-state index in [0.717, 1.165) is 31.4 Å². The molecule has 1 heterocycles. The van der Waals surface area contributed by atoms with Crippen LogP contribution in [0.15, 0.2) is 24.5 Å². The molecule has 1 aromatic rings. The van der Waals surface area contributed by atoms with Crippen molar-refractivity contribution in [3.8, 4) is 0 Å². The second-order valence-electron chi connectivity index (χ2n) is 4.41. The molecular formula is C12H17N3O. The predicted molar refractivity (Wildman–Crippen MR) is 62.9 cm³/mol. The van der Waals surface area contributed by atoms with Gasteiger partial charge >= 0.3 is 0 Å².